The topological polar surface area (TPSA) is 79.0 Å². The summed E-state index contributed by atoms with van der Waals surface area (Å²) in [7, 11) is -3.63. The molecule has 1 saturated heterocycles. The molecule has 2 aromatic carbocycles. The van der Waals surface area contributed by atoms with Crippen LogP contribution in [0.5, 0.6) is 0 Å². The van der Waals surface area contributed by atoms with E-state index in [0.29, 0.717) is 37.6 Å². The molecule has 7 nitrogen and oxygen atoms in total. The molecule has 1 amide bonds. The predicted molar refractivity (Wildman–Crippen MR) is 122 cm³/mol. The molecule has 0 unspecified atom stereocenters. The van der Waals surface area contributed by atoms with E-state index in [1.165, 1.54) is 10.4 Å². The molecule has 0 atom stereocenters. The molecule has 8 heteroatoms. The molecular formula is C23H31N3O4S. The summed E-state index contributed by atoms with van der Waals surface area (Å²) in [5.74, 6) is -0.265. The number of nitrogens with one attached hydrogen (secondary N) is 1. The van der Waals surface area contributed by atoms with Crippen molar-refractivity contribution in [1.29, 1.82) is 0 Å². The Balaban J connectivity index is 1.74. The standard InChI is InChI=1S/C23H31N3O4S/c1-4-25(5-2)17-19-7-9-20(10-8-19)23(27)24-22-16-21(11-6-18(22)3)31(28,29)26-12-14-30-15-13-26/h6-11,16H,4-5,12-15,17H2,1-3H3,(H,24,27). The van der Waals surface area contributed by atoms with Gasteiger partial charge in [-0.25, -0.2) is 8.42 Å². The van der Waals surface area contributed by atoms with Crippen LogP contribution in [0.4, 0.5) is 5.69 Å². The summed E-state index contributed by atoms with van der Waals surface area (Å²) in [5.41, 5.74) is 2.97. The molecule has 0 bridgehead atoms. The summed E-state index contributed by atoms with van der Waals surface area (Å²) >= 11 is 0. The van der Waals surface area contributed by atoms with Crippen LogP contribution in [0.2, 0.25) is 0 Å². The van der Waals surface area contributed by atoms with Crippen LogP contribution >= 0.6 is 0 Å². The number of hydrogen-bond acceptors (Lipinski definition) is 5. The molecule has 1 fully saturated rings. The molecule has 0 spiro atoms. The van der Waals surface area contributed by atoms with Crippen LogP contribution in [-0.2, 0) is 21.3 Å². The molecule has 1 N–H and O–H groups in total. The fourth-order valence-electron chi connectivity index (χ4n) is 3.49. The first-order valence-corrected chi connectivity index (χ1v) is 12.1. The smallest absolute Gasteiger partial charge is 0.255 e. The summed E-state index contributed by atoms with van der Waals surface area (Å²) in [6.07, 6.45) is 0. The normalized spacial score (nSPS) is 15.2. The van der Waals surface area contributed by atoms with E-state index in [-0.39, 0.29) is 10.8 Å². The second kappa shape index (κ2) is 10.4. The molecule has 0 aromatic heterocycles. The molecule has 168 valence electrons. The molecule has 31 heavy (non-hydrogen) atoms. The van der Waals surface area contributed by atoms with Crippen molar-refractivity contribution in [3.05, 3.63) is 59.2 Å². The Labute approximate surface area is 185 Å². The summed E-state index contributed by atoms with van der Waals surface area (Å²) in [6.45, 7) is 10.3. The van der Waals surface area contributed by atoms with Gasteiger partial charge in [0.25, 0.3) is 5.91 Å². The molecule has 1 aliphatic rings. The van der Waals surface area contributed by atoms with E-state index >= 15 is 0 Å². The van der Waals surface area contributed by atoms with E-state index < -0.39 is 10.0 Å². The fraction of sp³-hybridized carbons (Fsp3) is 0.435. The molecule has 3 rings (SSSR count). The summed E-state index contributed by atoms with van der Waals surface area (Å²) < 4.78 is 32.5. The van der Waals surface area contributed by atoms with E-state index in [4.69, 9.17) is 4.74 Å². The molecule has 1 aliphatic heterocycles. The van der Waals surface area contributed by atoms with E-state index in [1.54, 1.807) is 24.3 Å². The van der Waals surface area contributed by atoms with Crippen LogP contribution in [0.1, 0.15) is 35.3 Å². The second-order valence-electron chi connectivity index (χ2n) is 7.61. The van der Waals surface area contributed by atoms with Gasteiger partial charge in [-0.1, -0.05) is 32.0 Å². The van der Waals surface area contributed by atoms with Gasteiger partial charge in [0.15, 0.2) is 0 Å². The number of nitrogens with zero attached hydrogens (tertiary/aromatic N) is 2. The van der Waals surface area contributed by atoms with Crippen LogP contribution in [-0.4, -0.2) is 62.9 Å². The number of anilines is 1. The third-order valence-corrected chi connectivity index (χ3v) is 7.48. The maximum absolute atomic E-state index is 12.9. The van der Waals surface area contributed by atoms with Gasteiger partial charge < -0.3 is 10.1 Å². The lowest BCUT2D eigenvalue weighted by Gasteiger charge is -2.26. The highest BCUT2D eigenvalue weighted by molar-refractivity contribution is 7.89. The van der Waals surface area contributed by atoms with Gasteiger partial charge >= 0.3 is 0 Å². The largest absolute Gasteiger partial charge is 0.379 e. The van der Waals surface area contributed by atoms with Crippen molar-refractivity contribution in [2.75, 3.05) is 44.7 Å². The van der Waals surface area contributed by atoms with Crippen LogP contribution in [0.15, 0.2) is 47.4 Å². The van der Waals surface area contributed by atoms with Gasteiger partial charge in [0.05, 0.1) is 18.1 Å². The van der Waals surface area contributed by atoms with Crippen LogP contribution in [0.3, 0.4) is 0 Å². The van der Waals surface area contributed by atoms with Crippen LogP contribution in [0.25, 0.3) is 0 Å². The van der Waals surface area contributed by atoms with Gasteiger partial charge in [-0.05, 0) is 55.4 Å². The van der Waals surface area contributed by atoms with E-state index in [0.717, 1.165) is 30.8 Å². The third-order valence-electron chi connectivity index (χ3n) is 5.58. The maximum atomic E-state index is 12.9. The number of rotatable bonds is 8. The zero-order valence-corrected chi connectivity index (χ0v) is 19.2. The average molecular weight is 446 g/mol. The monoisotopic (exact) mass is 445 g/mol. The Morgan fingerprint density at radius 1 is 1.06 bits per heavy atom. The van der Waals surface area contributed by atoms with E-state index in [2.05, 4.69) is 24.1 Å². The lowest BCUT2D eigenvalue weighted by molar-refractivity contribution is 0.0730. The van der Waals surface area contributed by atoms with Gasteiger partial charge in [-0.15, -0.1) is 0 Å². The highest BCUT2D eigenvalue weighted by atomic mass is 32.2. The van der Waals surface area contributed by atoms with Gasteiger partial charge in [0.1, 0.15) is 0 Å². The van der Waals surface area contributed by atoms with Crippen molar-refractivity contribution in [2.45, 2.75) is 32.2 Å². The Kier molecular flexibility index (Phi) is 7.83. The highest BCUT2D eigenvalue weighted by Gasteiger charge is 2.27. The summed E-state index contributed by atoms with van der Waals surface area (Å²) in [5, 5.41) is 2.87. The molecular weight excluding hydrogens is 414 g/mol. The van der Waals surface area contributed by atoms with E-state index in [1.807, 2.05) is 19.1 Å². The minimum Gasteiger partial charge on any atom is -0.379 e. The van der Waals surface area contributed by atoms with Gasteiger partial charge in [0.2, 0.25) is 10.0 Å². The molecule has 0 saturated carbocycles. The molecule has 0 aliphatic carbocycles. The highest BCUT2D eigenvalue weighted by Crippen LogP contribution is 2.24. The SMILES string of the molecule is CCN(CC)Cc1ccc(C(=O)Nc2cc(S(=O)(=O)N3CCOCC3)ccc2C)cc1. The Hall–Kier alpha value is -2.26. The second-order valence-corrected chi connectivity index (χ2v) is 9.54. The number of carbonyl (C=O) groups excluding carboxylic acids is 1. The fourth-order valence-corrected chi connectivity index (χ4v) is 4.93. The predicted octanol–water partition coefficient (Wildman–Crippen LogP) is 3.11. The quantitative estimate of drug-likeness (QED) is 0.676. The number of ether oxygens (including phenoxy) is 1. The number of aryl methyl sites for hydroxylation is 1. The first kappa shape index (κ1) is 23.4. The summed E-state index contributed by atoms with van der Waals surface area (Å²) in [4.78, 5) is 15.3. The minimum atomic E-state index is -3.63. The van der Waals surface area contributed by atoms with Gasteiger partial charge in [0, 0.05) is 30.9 Å². The number of hydrogen-bond donors (Lipinski definition) is 1. The first-order chi connectivity index (χ1) is 14.8. The molecule has 1 heterocycles. The van der Waals surface area contributed by atoms with E-state index in [9.17, 15) is 13.2 Å². The first-order valence-electron chi connectivity index (χ1n) is 10.7. The van der Waals surface area contributed by atoms with Gasteiger partial charge in [-0.2, -0.15) is 4.31 Å². The molecule has 0 radical (unpaired) electrons. The van der Waals surface area contributed by atoms with Crippen molar-refractivity contribution in [2.24, 2.45) is 0 Å². The third kappa shape index (κ3) is 5.71. The average Bonchev–Trinajstić information content (AvgIpc) is 2.79. The number of morpholine rings is 1. The Morgan fingerprint density at radius 2 is 1.71 bits per heavy atom. The van der Waals surface area contributed by atoms with Crippen molar-refractivity contribution in [3.8, 4) is 0 Å². The maximum Gasteiger partial charge on any atom is 0.255 e. The number of amides is 1. The molecule has 2 aromatic rings. The van der Waals surface area contributed by atoms with Crippen molar-refractivity contribution in [1.82, 2.24) is 9.21 Å². The zero-order valence-electron chi connectivity index (χ0n) is 18.4. The zero-order chi connectivity index (χ0) is 22.4. The lowest BCUT2D eigenvalue weighted by atomic mass is 10.1. The number of carbonyl (C=O) groups is 1. The van der Waals surface area contributed by atoms with Crippen molar-refractivity contribution < 1.29 is 17.9 Å². The van der Waals surface area contributed by atoms with Crippen LogP contribution in [0, 0.1) is 6.92 Å². The number of sulfonamides is 1. The Morgan fingerprint density at radius 3 is 2.32 bits per heavy atom. The Bertz CT molecular complexity index is 996. The summed E-state index contributed by atoms with van der Waals surface area (Å²) in [6, 6.07) is 12.4. The lowest BCUT2D eigenvalue weighted by Crippen LogP contribution is -2.40. The van der Waals surface area contributed by atoms with Crippen LogP contribution < -0.4 is 5.32 Å². The van der Waals surface area contributed by atoms with Gasteiger partial charge in [-0.3, -0.25) is 9.69 Å². The number of benzene rings is 2. The van der Waals surface area contributed by atoms with Crippen molar-refractivity contribution in [3.63, 3.8) is 0 Å². The minimum absolute atomic E-state index is 0.171. The van der Waals surface area contributed by atoms with Crippen molar-refractivity contribution >= 4 is 21.6 Å².